The average Bonchev–Trinajstić information content (AvgIpc) is 2.37. The molecule has 0 radical (unpaired) electrons. The largest absolute Gasteiger partial charge is 0.454 e. The molecule has 1 unspecified atom stereocenters. The Kier molecular flexibility index (Phi) is 4.09. The molecule has 0 aromatic heterocycles. The molecule has 0 aliphatic rings. The van der Waals surface area contributed by atoms with Gasteiger partial charge in [-0.25, -0.2) is 4.39 Å². The van der Waals surface area contributed by atoms with Gasteiger partial charge in [0.1, 0.15) is 5.75 Å². The topological polar surface area (TPSA) is 29.5 Å². The summed E-state index contributed by atoms with van der Waals surface area (Å²) in [6.45, 7) is 7.53. The minimum Gasteiger partial charge on any atom is -0.454 e. The molecule has 0 bridgehead atoms. The molecule has 0 aliphatic heterocycles. The molecule has 0 aliphatic carbocycles. The second kappa shape index (κ2) is 5.63. The van der Waals surface area contributed by atoms with Gasteiger partial charge in [-0.3, -0.25) is 0 Å². The molecule has 0 spiro atoms. The number of halogens is 1. The Labute approximate surface area is 118 Å². The highest BCUT2D eigenvalue weighted by atomic mass is 19.1. The summed E-state index contributed by atoms with van der Waals surface area (Å²) in [4.78, 5) is 0. The minimum atomic E-state index is -0.693. The first-order chi connectivity index (χ1) is 9.38. The van der Waals surface area contributed by atoms with E-state index in [0.29, 0.717) is 11.3 Å². The van der Waals surface area contributed by atoms with Gasteiger partial charge in [-0.15, -0.1) is 0 Å². The molecule has 1 N–H and O–H groups in total. The van der Waals surface area contributed by atoms with Gasteiger partial charge in [0.2, 0.25) is 0 Å². The van der Waals surface area contributed by atoms with Crippen molar-refractivity contribution in [3.8, 4) is 11.5 Å². The van der Waals surface area contributed by atoms with Crippen molar-refractivity contribution in [2.45, 2.75) is 33.8 Å². The Hall–Kier alpha value is -1.87. The van der Waals surface area contributed by atoms with Gasteiger partial charge in [0.15, 0.2) is 11.6 Å². The molecule has 0 amide bonds. The van der Waals surface area contributed by atoms with Crippen LogP contribution in [0.25, 0.3) is 0 Å². The van der Waals surface area contributed by atoms with Crippen LogP contribution >= 0.6 is 0 Å². The summed E-state index contributed by atoms with van der Waals surface area (Å²) in [5, 5.41) is 9.44. The number of benzene rings is 2. The third kappa shape index (κ3) is 2.99. The van der Waals surface area contributed by atoms with E-state index in [9.17, 15) is 9.50 Å². The van der Waals surface area contributed by atoms with Crippen LogP contribution in [-0.2, 0) is 0 Å². The van der Waals surface area contributed by atoms with E-state index in [2.05, 4.69) is 6.07 Å². The maximum atomic E-state index is 14.0. The van der Waals surface area contributed by atoms with Crippen LogP contribution in [0.2, 0.25) is 0 Å². The van der Waals surface area contributed by atoms with Crippen LogP contribution in [0.5, 0.6) is 11.5 Å². The molecule has 2 aromatic carbocycles. The van der Waals surface area contributed by atoms with Crippen LogP contribution < -0.4 is 4.74 Å². The molecular weight excluding hydrogens is 255 g/mol. The molecule has 106 valence electrons. The van der Waals surface area contributed by atoms with Gasteiger partial charge < -0.3 is 9.84 Å². The quantitative estimate of drug-likeness (QED) is 0.886. The highest BCUT2D eigenvalue weighted by Crippen LogP contribution is 2.31. The van der Waals surface area contributed by atoms with Gasteiger partial charge in [-0.1, -0.05) is 12.1 Å². The Bertz CT molecular complexity index is 633. The molecule has 0 saturated heterocycles. The normalized spacial score (nSPS) is 12.3. The lowest BCUT2D eigenvalue weighted by atomic mass is 10.1. The first-order valence-corrected chi connectivity index (χ1v) is 6.61. The number of ether oxygens (including phenoxy) is 1. The monoisotopic (exact) mass is 274 g/mol. The molecule has 3 heteroatoms. The van der Waals surface area contributed by atoms with Gasteiger partial charge in [0, 0.05) is 0 Å². The van der Waals surface area contributed by atoms with E-state index in [1.165, 1.54) is 6.07 Å². The molecule has 0 heterocycles. The molecule has 2 nitrogen and oxygen atoms in total. The first kappa shape index (κ1) is 14.5. The molecule has 2 aromatic rings. The minimum absolute atomic E-state index is 0.169. The van der Waals surface area contributed by atoms with Crippen LogP contribution in [0.1, 0.15) is 35.3 Å². The zero-order valence-electron chi connectivity index (χ0n) is 12.2. The van der Waals surface area contributed by atoms with E-state index in [0.717, 1.165) is 16.7 Å². The van der Waals surface area contributed by atoms with Gasteiger partial charge in [-0.2, -0.15) is 0 Å². The second-order valence-corrected chi connectivity index (χ2v) is 5.17. The first-order valence-electron chi connectivity index (χ1n) is 6.61. The molecular formula is C17H19FO2. The maximum Gasteiger partial charge on any atom is 0.166 e. The van der Waals surface area contributed by atoms with Gasteiger partial charge in [0.05, 0.1) is 6.10 Å². The van der Waals surface area contributed by atoms with Crippen molar-refractivity contribution < 1.29 is 14.2 Å². The summed E-state index contributed by atoms with van der Waals surface area (Å²) in [6.07, 6.45) is -0.693. The van der Waals surface area contributed by atoms with Crippen LogP contribution in [0.3, 0.4) is 0 Å². The van der Waals surface area contributed by atoms with E-state index in [1.54, 1.807) is 19.1 Å². The standard InChI is InChI=1S/C17H19FO2/c1-10-7-11(2)12(3)17(8-10)20-16-6-5-14(13(4)19)9-15(16)18/h5-9,13,19H,1-4H3. The average molecular weight is 274 g/mol. The summed E-state index contributed by atoms with van der Waals surface area (Å²) < 4.78 is 19.7. The van der Waals surface area contributed by atoms with E-state index in [-0.39, 0.29) is 5.75 Å². The lowest BCUT2D eigenvalue weighted by Crippen LogP contribution is -1.96. The smallest absolute Gasteiger partial charge is 0.166 e. The molecule has 0 fully saturated rings. The predicted octanol–water partition coefficient (Wildman–Crippen LogP) is 4.60. The van der Waals surface area contributed by atoms with Gasteiger partial charge in [0.25, 0.3) is 0 Å². The maximum absolute atomic E-state index is 14.0. The fourth-order valence-corrected chi connectivity index (χ4v) is 2.08. The molecule has 2 rings (SSSR count). The van der Waals surface area contributed by atoms with Crippen molar-refractivity contribution in [3.05, 3.63) is 58.4 Å². The summed E-state index contributed by atoms with van der Waals surface area (Å²) in [6, 6.07) is 8.48. The Morgan fingerprint density at radius 2 is 1.75 bits per heavy atom. The van der Waals surface area contributed by atoms with E-state index in [4.69, 9.17) is 4.74 Å². The number of aliphatic hydroxyl groups excluding tert-OH is 1. The van der Waals surface area contributed by atoms with E-state index < -0.39 is 11.9 Å². The van der Waals surface area contributed by atoms with Crippen LogP contribution in [0.4, 0.5) is 4.39 Å². The summed E-state index contributed by atoms with van der Waals surface area (Å²) in [5.41, 5.74) is 3.71. The predicted molar refractivity (Wildman–Crippen MR) is 77.8 cm³/mol. The Morgan fingerprint density at radius 3 is 2.35 bits per heavy atom. The highest BCUT2D eigenvalue weighted by molar-refractivity contribution is 5.45. The van der Waals surface area contributed by atoms with Crippen molar-refractivity contribution in [1.82, 2.24) is 0 Å². The van der Waals surface area contributed by atoms with Gasteiger partial charge >= 0.3 is 0 Å². The fraction of sp³-hybridized carbons (Fsp3) is 0.294. The van der Waals surface area contributed by atoms with E-state index in [1.807, 2.05) is 26.8 Å². The SMILES string of the molecule is Cc1cc(C)c(C)c(Oc2ccc(C(C)O)cc2F)c1. The zero-order valence-corrected chi connectivity index (χ0v) is 12.2. The lowest BCUT2D eigenvalue weighted by molar-refractivity contribution is 0.198. The van der Waals surface area contributed by atoms with Crippen molar-refractivity contribution >= 4 is 0 Å². The Morgan fingerprint density at radius 1 is 1.05 bits per heavy atom. The molecule has 1 atom stereocenters. The second-order valence-electron chi connectivity index (χ2n) is 5.17. The van der Waals surface area contributed by atoms with Crippen molar-refractivity contribution in [1.29, 1.82) is 0 Å². The Balaban J connectivity index is 2.35. The summed E-state index contributed by atoms with van der Waals surface area (Å²) in [5.74, 6) is 0.357. The van der Waals surface area contributed by atoms with Crippen molar-refractivity contribution in [2.75, 3.05) is 0 Å². The highest BCUT2D eigenvalue weighted by Gasteiger charge is 2.11. The van der Waals surface area contributed by atoms with Gasteiger partial charge in [-0.05, 0) is 68.1 Å². The molecule has 0 saturated carbocycles. The zero-order chi connectivity index (χ0) is 14.9. The van der Waals surface area contributed by atoms with Crippen molar-refractivity contribution in [2.24, 2.45) is 0 Å². The van der Waals surface area contributed by atoms with Crippen LogP contribution in [0, 0.1) is 26.6 Å². The number of hydrogen-bond acceptors (Lipinski definition) is 2. The third-order valence-electron chi connectivity index (χ3n) is 3.42. The number of aryl methyl sites for hydroxylation is 2. The lowest BCUT2D eigenvalue weighted by Gasteiger charge is -2.13. The van der Waals surface area contributed by atoms with Crippen molar-refractivity contribution in [3.63, 3.8) is 0 Å². The summed E-state index contributed by atoms with van der Waals surface area (Å²) >= 11 is 0. The fourth-order valence-electron chi connectivity index (χ4n) is 2.08. The van der Waals surface area contributed by atoms with E-state index >= 15 is 0 Å². The summed E-state index contributed by atoms with van der Waals surface area (Å²) in [7, 11) is 0. The third-order valence-corrected chi connectivity index (χ3v) is 3.42. The van der Waals surface area contributed by atoms with Crippen LogP contribution in [0.15, 0.2) is 30.3 Å². The number of aliphatic hydroxyl groups is 1. The molecule has 20 heavy (non-hydrogen) atoms. The number of hydrogen-bond donors (Lipinski definition) is 1. The number of rotatable bonds is 3. The van der Waals surface area contributed by atoms with Crippen LogP contribution in [-0.4, -0.2) is 5.11 Å².